The average molecular weight is 317 g/mol. The lowest BCUT2D eigenvalue weighted by molar-refractivity contribution is 0.0522. The van der Waals surface area contributed by atoms with Gasteiger partial charge in [-0.05, 0) is 52.8 Å². The molecule has 0 aliphatic heterocycles. The van der Waals surface area contributed by atoms with Crippen LogP contribution in [0, 0.1) is 0 Å². The van der Waals surface area contributed by atoms with Crippen molar-refractivity contribution in [3.63, 3.8) is 0 Å². The molecule has 2 rings (SSSR count). The van der Waals surface area contributed by atoms with Gasteiger partial charge in [0, 0.05) is 29.2 Å². The van der Waals surface area contributed by atoms with Crippen LogP contribution in [0.4, 0.5) is 5.69 Å². The van der Waals surface area contributed by atoms with Gasteiger partial charge in [-0.25, -0.2) is 9.59 Å². The number of benzene rings is 1. The smallest absolute Gasteiger partial charge is 0.351 e. The Kier molecular flexibility index (Phi) is 5.08. The molecule has 0 aliphatic rings. The molecule has 0 atom stereocenters. The van der Waals surface area contributed by atoms with Gasteiger partial charge in [0.15, 0.2) is 0 Å². The number of fused-ring (bicyclic) bond motifs is 1. The van der Waals surface area contributed by atoms with Crippen molar-refractivity contribution in [2.24, 2.45) is 0 Å². The number of carbonyl (C=O) groups is 1. The predicted molar refractivity (Wildman–Crippen MR) is 91.2 cm³/mol. The van der Waals surface area contributed by atoms with Crippen LogP contribution < -0.4 is 10.5 Å². The molecule has 1 aromatic heterocycles. The lowest BCUT2D eigenvalue weighted by Gasteiger charge is -2.33. The highest BCUT2D eigenvalue weighted by Crippen LogP contribution is 2.25. The molecule has 5 nitrogen and oxygen atoms in total. The van der Waals surface area contributed by atoms with Gasteiger partial charge in [0.1, 0.15) is 11.1 Å². The molecule has 5 heteroatoms. The summed E-state index contributed by atoms with van der Waals surface area (Å²) in [6.07, 6.45) is 0. The number of ether oxygens (including phenoxy) is 1. The van der Waals surface area contributed by atoms with E-state index in [9.17, 15) is 9.59 Å². The molecule has 0 amide bonds. The third-order valence-corrected chi connectivity index (χ3v) is 3.63. The van der Waals surface area contributed by atoms with E-state index in [1.165, 1.54) is 6.07 Å². The zero-order valence-electron chi connectivity index (χ0n) is 14.3. The van der Waals surface area contributed by atoms with Gasteiger partial charge >= 0.3 is 11.6 Å². The molecule has 0 radical (unpaired) electrons. The summed E-state index contributed by atoms with van der Waals surface area (Å²) in [5, 5.41) is 0.698. The molecular weight excluding hydrogens is 294 g/mol. The average Bonchev–Trinajstić information content (AvgIpc) is 2.45. The summed E-state index contributed by atoms with van der Waals surface area (Å²) >= 11 is 0. The highest BCUT2D eigenvalue weighted by atomic mass is 16.5. The molecule has 0 N–H and O–H groups in total. The Balaban J connectivity index is 2.52. The summed E-state index contributed by atoms with van der Waals surface area (Å²) in [6.45, 7) is 10.4. The van der Waals surface area contributed by atoms with Gasteiger partial charge in [0.05, 0.1) is 6.61 Å². The molecule has 124 valence electrons. The fourth-order valence-corrected chi connectivity index (χ4v) is 2.80. The first-order valence-electron chi connectivity index (χ1n) is 7.88. The van der Waals surface area contributed by atoms with Crippen molar-refractivity contribution in [2.75, 3.05) is 11.5 Å². The van der Waals surface area contributed by atoms with E-state index in [-0.39, 0.29) is 12.2 Å². The molecule has 0 saturated carbocycles. The highest BCUT2D eigenvalue weighted by molar-refractivity contribution is 5.93. The summed E-state index contributed by atoms with van der Waals surface area (Å²) in [5.74, 6) is -0.654. The minimum absolute atomic E-state index is 0.0725. The van der Waals surface area contributed by atoms with E-state index in [1.54, 1.807) is 6.92 Å². The SMILES string of the molecule is CCOC(=O)c1cc2ccc(N(C(C)C)C(C)C)cc2oc1=O. The predicted octanol–water partition coefficient (Wildman–Crippen LogP) is 3.59. The summed E-state index contributed by atoms with van der Waals surface area (Å²) in [5.41, 5.74) is 0.701. The highest BCUT2D eigenvalue weighted by Gasteiger charge is 2.18. The fourth-order valence-electron chi connectivity index (χ4n) is 2.80. The van der Waals surface area contributed by atoms with Crippen LogP contribution in [0.2, 0.25) is 0 Å². The number of carbonyl (C=O) groups excluding carboxylic acids is 1. The Morgan fingerprint density at radius 1 is 1.17 bits per heavy atom. The summed E-state index contributed by atoms with van der Waals surface area (Å²) in [7, 11) is 0. The topological polar surface area (TPSA) is 59.8 Å². The lowest BCUT2D eigenvalue weighted by Crippen LogP contribution is -2.36. The van der Waals surface area contributed by atoms with Crippen molar-refractivity contribution in [1.29, 1.82) is 0 Å². The van der Waals surface area contributed by atoms with Gasteiger partial charge in [-0.2, -0.15) is 0 Å². The molecule has 0 spiro atoms. The first-order chi connectivity index (χ1) is 10.8. The largest absolute Gasteiger partial charge is 0.462 e. The third-order valence-electron chi connectivity index (χ3n) is 3.63. The zero-order valence-corrected chi connectivity index (χ0v) is 14.3. The van der Waals surface area contributed by atoms with Gasteiger partial charge in [-0.1, -0.05) is 0 Å². The number of anilines is 1. The summed E-state index contributed by atoms with van der Waals surface area (Å²) in [6, 6.07) is 7.82. The van der Waals surface area contributed by atoms with Gasteiger partial charge in [0.2, 0.25) is 0 Å². The molecule has 2 aromatic rings. The van der Waals surface area contributed by atoms with Crippen LogP contribution >= 0.6 is 0 Å². The molecule has 0 saturated heterocycles. The van der Waals surface area contributed by atoms with Crippen LogP contribution in [0.15, 0.2) is 33.5 Å². The first-order valence-corrected chi connectivity index (χ1v) is 7.88. The number of esters is 1. The Bertz CT molecular complexity index is 753. The van der Waals surface area contributed by atoms with Crippen molar-refractivity contribution in [3.05, 3.63) is 40.2 Å². The Labute approximate surface area is 135 Å². The van der Waals surface area contributed by atoms with Crippen molar-refractivity contribution in [3.8, 4) is 0 Å². The maximum atomic E-state index is 12.0. The van der Waals surface area contributed by atoms with E-state index in [0.717, 1.165) is 5.69 Å². The van der Waals surface area contributed by atoms with Crippen molar-refractivity contribution < 1.29 is 13.9 Å². The fraction of sp³-hybridized carbons (Fsp3) is 0.444. The summed E-state index contributed by atoms with van der Waals surface area (Å²) < 4.78 is 10.2. The minimum Gasteiger partial charge on any atom is -0.462 e. The van der Waals surface area contributed by atoms with E-state index in [2.05, 4.69) is 32.6 Å². The van der Waals surface area contributed by atoms with E-state index >= 15 is 0 Å². The second-order valence-corrected chi connectivity index (χ2v) is 5.98. The number of hydrogen-bond acceptors (Lipinski definition) is 5. The molecule has 0 fully saturated rings. The molecule has 0 bridgehead atoms. The van der Waals surface area contributed by atoms with Crippen LogP contribution in [0.1, 0.15) is 45.0 Å². The van der Waals surface area contributed by atoms with E-state index < -0.39 is 11.6 Å². The monoisotopic (exact) mass is 317 g/mol. The summed E-state index contributed by atoms with van der Waals surface area (Å²) in [4.78, 5) is 26.0. The second-order valence-electron chi connectivity index (χ2n) is 5.98. The quantitative estimate of drug-likeness (QED) is 0.623. The molecule has 23 heavy (non-hydrogen) atoms. The van der Waals surface area contributed by atoms with E-state index in [0.29, 0.717) is 23.1 Å². The maximum Gasteiger partial charge on any atom is 0.351 e. The second kappa shape index (κ2) is 6.86. The Morgan fingerprint density at radius 2 is 1.83 bits per heavy atom. The molecule has 1 aromatic carbocycles. The lowest BCUT2D eigenvalue weighted by atomic mass is 10.1. The third kappa shape index (κ3) is 3.55. The number of rotatable bonds is 5. The molecule has 1 heterocycles. The minimum atomic E-state index is -0.672. The van der Waals surface area contributed by atoms with Gasteiger partial charge in [-0.3, -0.25) is 0 Å². The Hall–Kier alpha value is -2.30. The van der Waals surface area contributed by atoms with E-state index in [1.807, 2.05) is 18.2 Å². The standard InChI is InChI=1S/C18H23NO4/c1-6-22-17(20)15-9-13-7-8-14(10-16(13)23-18(15)21)19(11(2)3)12(4)5/h7-12H,6H2,1-5H3. The zero-order chi connectivity index (χ0) is 17.1. The van der Waals surface area contributed by atoms with Crippen molar-refractivity contribution in [1.82, 2.24) is 0 Å². The van der Waals surface area contributed by atoms with Gasteiger partial charge in [0.25, 0.3) is 0 Å². The Morgan fingerprint density at radius 3 is 2.39 bits per heavy atom. The van der Waals surface area contributed by atoms with E-state index in [4.69, 9.17) is 9.15 Å². The number of hydrogen-bond donors (Lipinski definition) is 0. The van der Waals surface area contributed by atoms with Gasteiger partial charge < -0.3 is 14.1 Å². The normalized spacial score (nSPS) is 11.3. The van der Waals surface area contributed by atoms with Gasteiger partial charge in [-0.15, -0.1) is 0 Å². The van der Waals surface area contributed by atoms with Crippen LogP contribution in [-0.2, 0) is 4.74 Å². The van der Waals surface area contributed by atoms with Crippen molar-refractivity contribution in [2.45, 2.75) is 46.7 Å². The molecule has 0 unspecified atom stereocenters. The van der Waals surface area contributed by atoms with Crippen LogP contribution in [0.3, 0.4) is 0 Å². The molecule has 0 aliphatic carbocycles. The molecular formula is C18H23NO4. The number of nitrogens with zero attached hydrogens (tertiary/aromatic N) is 1. The van der Waals surface area contributed by atoms with Crippen LogP contribution in [-0.4, -0.2) is 24.7 Å². The first kappa shape index (κ1) is 17.1. The van der Waals surface area contributed by atoms with Crippen LogP contribution in [0.5, 0.6) is 0 Å². The maximum absolute atomic E-state index is 12.0. The van der Waals surface area contributed by atoms with Crippen LogP contribution in [0.25, 0.3) is 11.0 Å². The van der Waals surface area contributed by atoms with Crippen molar-refractivity contribution >= 4 is 22.6 Å².